The summed E-state index contributed by atoms with van der Waals surface area (Å²) in [5.41, 5.74) is -1.70. The Morgan fingerprint density at radius 3 is 2.58 bits per heavy atom. The second-order valence-corrected chi connectivity index (χ2v) is 6.05. The number of carbonyl (C=O) groups is 1. The molecule has 1 aliphatic heterocycles. The second kappa shape index (κ2) is 6.54. The van der Waals surface area contributed by atoms with E-state index in [9.17, 15) is 18.0 Å². The van der Waals surface area contributed by atoms with Gasteiger partial charge in [0.15, 0.2) is 11.4 Å². The van der Waals surface area contributed by atoms with E-state index in [4.69, 9.17) is 0 Å². The van der Waals surface area contributed by atoms with Crippen LogP contribution in [0.3, 0.4) is 0 Å². The van der Waals surface area contributed by atoms with Crippen LogP contribution in [-0.2, 0) is 5.67 Å². The van der Waals surface area contributed by atoms with Crippen molar-refractivity contribution < 1.29 is 27.1 Å². The van der Waals surface area contributed by atoms with E-state index in [1.54, 1.807) is 13.0 Å². The first kappa shape index (κ1) is 18.1. The Balaban J connectivity index is 1.83. The number of hydrogen-bond acceptors (Lipinski definition) is 4. The lowest BCUT2D eigenvalue weighted by atomic mass is 9.94. The molecular weight excluding hydrogens is 354 g/mol. The predicted molar refractivity (Wildman–Crippen MR) is 83.2 cm³/mol. The molecule has 0 aliphatic carbocycles. The summed E-state index contributed by atoms with van der Waals surface area (Å²) in [6, 6.07) is 8.12. The SMILES string of the molecule is Cc1ccc(C(=O)N2CCC(F)(c3ccccc3OC(F)(F)F)C2)nn1. The van der Waals surface area contributed by atoms with E-state index in [1.807, 2.05) is 0 Å². The van der Waals surface area contributed by atoms with E-state index < -0.39 is 23.7 Å². The summed E-state index contributed by atoms with van der Waals surface area (Å²) >= 11 is 0. The fraction of sp³-hybridized carbons (Fsp3) is 0.353. The quantitative estimate of drug-likeness (QED) is 0.779. The number of alkyl halides is 4. The van der Waals surface area contributed by atoms with Crippen molar-refractivity contribution in [2.45, 2.75) is 25.4 Å². The molecule has 1 aliphatic rings. The topological polar surface area (TPSA) is 55.3 Å². The summed E-state index contributed by atoms with van der Waals surface area (Å²) < 4.78 is 57.0. The smallest absolute Gasteiger partial charge is 0.405 e. The van der Waals surface area contributed by atoms with Gasteiger partial charge in [0, 0.05) is 18.5 Å². The molecule has 9 heteroatoms. The fourth-order valence-electron chi connectivity index (χ4n) is 2.89. The molecule has 0 N–H and O–H groups in total. The molecule has 1 aromatic heterocycles. The molecule has 5 nitrogen and oxygen atoms in total. The zero-order chi connectivity index (χ0) is 18.9. The normalized spacial score (nSPS) is 20.3. The van der Waals surface area contributed by atoms with Crippen LogP contribution in [0.1, 0.15) is 28.2 Å². The fourth-order valence-corrected chi connectivity index (χ4v) is 2.89. The molecule has 1 fully saturated rings. The Kier molecular flexibility index (Phi) is 4.55. The van der Waals surface area contributed by atoms with Crippen LogP contribution < -0.4 is 4.74 Å². The van der Waals surface area contributed by atoms with Gasteiger partial charge in [-0.05, 0) is 25.1 Å². The first-order valence-electron chi connectivity index (χ1n) is 7.82. The lowest BCUT2D eigenvalue weighted by molar-refractivity contribution is -0.275. The van der Waals surface area contributed by atoms with Gasteiger partial charge in [0.2, 0.25) is 0 Å². The van der Waals surface area contributed by atoms with Crippen LogP contribution in [0.2, 0.25) is 0 Å². The number of amides is 1. The van der Waals surface area contributed by atoms with Gasteiger partial charge >= 0.3 is 6.36 Å². The molecule has 3 rings (SSSR count). The number of aryl methyl sites for hydroxylation is 1. The number of rotatable bonds is 3. The maximum absolute atomic E-state index is 15.4. The summed E-state index contributed by atoms with van der Waals surface area (Å²) in [7, 11) is 0. The molecule has 26 heavy (non-hydrogen) atoms. The third kappa shape index (κ3) is 3.76. The zero-order valence-corrected chi connectivity index (χ0v) is 13.8. The highest BCUT2D eigenvalue weighted by Crippen LogP contribution is 2.42. The molecular formula is C17H15F4N3O2. The summed E-state index contributed by atoms with van der Waals surface area (Å²) in [6.07, 6.45) is -5.08. The van der Waals surface area contributed by atoms with E-state index in [0.717, 1.165) is 6.07 Å². The standard InChI is InChI=1S/C17H15F4N3O2/c1-11-6-7-13(23-22-11)15(25)24-9-8-16(18,10-24)12-4-2-3-5-14(12)26-17(19,20)21/h2-7H,8-10H2,1H3. The molecule has 0 radical (unpaired) electrons. The minimum absolute atomic E-state index is 0.0469. The van der Waals surface area contributed by atoms with Crippen LogP contribution in [-0.4, -0.2) is 40.5 Å². The zero-order valence-electron chi connectivity index (χ0n) is 13.8. The van der Waals surface area contributed by atoms with Gasteiger partial charge in [-0.3, -0.25) is 4.79 Å². The molecule has 0 spiro atoms. The van der Waals surface area contributed by atoms with Crippen molar-refractivity contribution in [3.8, 4) is 5.75 Å². The summed E-state index contributed by atoms with van der Waals surface area (Å²) in [4.78, 5) is 13.6. The van der Waals surface area contributed by atoms with Gasteiger partial charge in [-0.15, -0.1) is 18.3 Å². The van der Waals surface area contributed by atoms with Crippen molar-refractivity contribution in [3.63, 3.8) is 0 Å². The van der Waals surface area contributed by atoms with Crippen molar-refractivity contribution in [1.82, 2.24) is 15.1 Å². The number of halogens is 4. The predicted octanol–water partition coefficient (Wildman–Crippen LogP) is 3.39. The highest BCUT2D eigenvalue weighted by Gasteiger charge is 2.45. The number of hydrogen-bond donors (Lipinski definition) is 0. The Hall–Kier alpha value is -2.71. The van der Waals surface area contributed by atoms with Crippen molar-refractivity contribution >= 4 is 5.91 Å². The third-order valence-corrected chi connectivity index (χ3v) is 4.12. The molecule has 1 unspecified atom stereocenters. The molecule has 138 valence electrons. The minimum Gasteiger partial charge on any atom is -0.405 e. The van der Waals surface area contributed by atoms with Crippen LogP contribution in [0.15, 0.2) is 36.4 Å². The lowest BCUT2D eigenvalue weighted by Gasteiger charge is -2.24. The largest absolute Gasteiger partial charge is 0.573 e. The van der Waals surface area contributed by atoms with Crippen LogP contribution >= 0.6 is 0 Å². The highest BCUT2D eigenvalue weighted by molar-refractivity contribution is 5.92. The van der Waals surface area contributed by atoms with Gasteiger partial charge in [0.05, 0.1) is 12.2 Å². The van der Waals surface area contributed by atoms with E-state index >= 15 is 4.39 Å². The van der Waals surface area contributed by atoms with Crippen LogP contribution in [0.25, 0.3) is 0 Å². The summed E-state index contributed by atoms with van der Waals surface area (Å²) in [6.45, 7) is 1.37. The molecule has 1 amide bonds. The third-order valence-electron chi connectivity index (χ3n) is 4.12. The molecule has 2 heterocycles. The van der Waals surface area contributed by atoms with E-state index in [2.05, 4.69) is 14.9 Å². The molecule has 0 bridgehead atoms. The Bertz CT molecular complexity index is 810. The minimum atomic E-state index is -4.93. The molecule has 0 saturated carbocycles. The molecule has 1 atom stereocenters. The van der Waals surface area contributed by atoms with E-state index in [1.165, 1.54) is 29.2 Å². The average Bonchev–Trinajstić information content (AvgIpc) is 2.97. The van der Waals surface area contributed by atoms with Gasteiger partial charge in [0.1, 0.15) is 5.75 Å². The van der Waals surface area contributed by atoms with Crippen molar-refractivity contribution in [1.29, 1.82) is 0 Å². The number of likely N-dealkylation sites (tertiary alicyclic amines) is 1. The number of aromatic nitrogens is 2. The van der Waals surface area contributed by atoms with Crippen LogP contribution in [0.4, 0.5) is 17.6 Å². The van der Waals surface area contributed by atoms with Gasteiger partial charge in [0.25, 0.3) is 5.91 Å². The number of ether oxygens (including phenoxy) is 1. The lowest BCUT2D eigenvalue weighted by Crippen LogP contribution is -2.33. The Morgan fingerprint density at radius 1 is 1.19 bits per heavy atom. The monoisotopic (exact) mass is 369 g/mol. The van der Waals surface area contributed by atoms with Gasteiger partial charge in [-0.2, -0.15) is 5.10 Å². The van der Waals surface area contributed by atoms with Gasteiger partial charge in [-0.25, -0.2) is 4.39 Å². The van der Waals surface area contributed by atoms with Crippen molar-refractivity contribution in [3.05, 3.63) is 53.3 Å². The summed E-state index contributed by atoms with van der Waals surface area (Å²) in [5, 5.41) is 7.56. The Morgan fingerprint density at radius 2 is 1.92 bits per heavy atom. The number of benzene rings is 1. The molecule has 1 saturated heterocycles. The molecule has 1 aromatic carbocycles. The Labute approximate surface area is 146 Å². The maximum atomic E-state index is 15.4. The van der Waals surface area contributed by atoms with E-state index in [-0.39, 0.29) is 30.8 Å². The average molecular weight is 369 g/mol. The van der Waals surface area contributed by atoms with Gasteiger partial charge in [-0.1, -0.05) is 18.2 Å². The first-order valence-corrected chi connectivity index (χ1v) is 7.82. The maximum Gasteiger partial charge on any atom is 0.573 e. The van der Waals surface area contributed by atoms with Crippen molar-refractivity contribution in [2.75, 3.05) is 13.1 Å². The second-order valence-electron chi connectivity index (χ2n) is 6.05. The number of para-hydroxylation sites is 1. The number of nitrogens with zero attached hydrogens (tertiary/aromatic N) is 3. The van der Waals surface area contributed by atoms with Gasteiger partial charge < -0.3 is 9.64 Å². The highest BCUT2D eigenvalue weighted by atomic mass is 19.4. The summed E-state index contributed by atoms with van der Waals surface area (Å²) in [5.74, 6) is -1.13. The van der Waals surface area contributed by atoms with Crippen LogP contribution in [0.5, 0.6) is 5.75 Å². The van der Waals surface area contributed by atoms with Crippen molar-refractivity contribution in [2.24, 2.45) is 0 Å². The first-order chi connectivity index (χ1) is 12.2. The van der Waals surface area contributed by atoms with Crippen LogP contribution in [0, 0.1) is 6.92 Å². The molecule has 2 aromatic rings. The number of carbonyl (C=O) groups excluding carboxylic acids is 1. The van der Waals surface area contributed by atoms with E-state index in [0.29, 0.717) is 5.69 Å².